The van der Waals surface area contributed by atoms with E-state index < -0.39 is 0 Å². The Hall–Kier alpha value is -1.08. The highest BCUT2D eigenvalue weighted by atomic mass is 16.5. The Kier molecular flexibility index (Phi) is 7.50. The number of ether oxygens (including phenoxy) is 1. The maximum absolute atomic E-state index is 5.98. The molecule has 1 unspecified atom stereocenters. The number of unbranched alkanes of at least 4 members (excludes halogenated alkanes) is 3. The third-order valence-electron chi connectivity index (χ3n) is 3.64. The molecule has 1 heteroatoms. The molecule has 0 aliphatic heterocycles. The van der Waals surface area contributed by atoms with Gasteiger partial charge in [-0.15, -0.1) is 0 Å². The number of benzene rings is 1. The van der Waals surface area contributed by atoms with E-state index in [4.69, 9.17) is 4.74 Å². The zero-order valence-electron chi connectivity index (χ0n) is 12.7. The van der Waals surface area contributed by atoms with Crippen LogP contribution in [-0.4, -0.2) is 6.10 Å². The molecule has 19 heavy (non-hydrogen) atoms. The lowest BCUT2D eigenvalue weighted by atomic mass is 10.0. The Morgan fingerprint density at radius 1 is 1.26 bits per heavy atom. The van der Waals surface area contributed by atoms with E-state index in [0.717, 1.165) is 6.42 Å². The number of hydrogen-bond acceptors (Lipinski definition) is 1. The van der Waals surface area contributed by atoms with Crippen molar-refractivity contribution in [3.63, 3.8) is 0 Å². The van der Waals surface area contributed by atoms with Crippen LogP contribution in [0.25, 0.3) is 6.08 Å². The largest absolute Gasteiger partial charge is 0.374 e. The van der Waals surface area contributed by atoms with Crippen LogP contribution in [0.3, 0.4) is 0 Å². The Morgan fingerprint density at radius 3 is 2.74 bits per heavy atom. The van der Waals surface area contributed by atoms with Gasteiger partial charge in [-0.2, -0.15) is 0 Å². The summed E-state index contributed by atoms with van der Waals surface area (Å²) in [5, 5.41) is 0. The molecule has 0 aliphatic rings. The third-order valence-corrected chi connectivity index (χ3v) is 3.64. The Balaban J connectivity index is 2.41. The van der Waals surface area contributed by atoms with E-state index in [1.807, 2.05) is 6.08 Å². The van der Waals surface area contributed by atoms with E-state index in [2.05, 4.69) is 45.5 Å². The van der Waals surface area contributed by atoms with Crippen molar-refractivity contribution in [1.29, 1.82) is 0 Å². The van der Waals surface area contributed by atoms with Gasteiger partial charge in [-0.05, 0) is 37.0 Å². The van der Waals surface area contributed by atoms with Gasteiger partial charge in [-0.25, -0.2) is 0 Å². The average molecular weight is 260 g/mol. The summed E-state index contributed by atoms with van der Waals surface area (Å²) >= 11 is 0. The first-order valence-corrected chi connectivity index (χ1v) is 7.51. The van der Waals surface area contributed by atoms with E-state index in [-0.39, 0.29) is 0 Å². The molecule has 0 aromatic heterocycles. The Morgan fingerprint density at radius 2 is 2.05 bits per heavy atom. The van der Waals surface area contributed by atoms with Crippen LogP contribution in [0.2, 0.25) is 0 Å². The van der Waals surface area contributed by atoms with Gasteiger partial charge in [0.05, 0.1) is 12.7 Å². The lowest BCUT2D eigenvalue weighted by Crippen LogP contribution is -2.09. The fourth-order valence-corrected chi connectivity index (χ4v) is 2.28. The third kappa shape index (κ3) is 5.61. The van der Waals surface area contributed by atoms with Crippen molar-refractivity contribution >= 4 is 6.08 Å². The smallest absolute Gasteiger partial charge is 0.0728 e. The van der Waals surface area contributed by atoms with Gasteiger partial charge in [-0.1, -0.05) is 63.5 Å². The molecule has 1 aromatic carbocycles. The van der Waals surface area contributed by atoms with E-state index in [1.165, 1.54) is 42.4 Å². The summed E-state index contributed by atoms with van der Waals surface area (Å²) in [6, 6.07) is 6.31. The average Bonchev–Trinajstić information content (AvgIpc) is 2.42. The molecule has 106 valence electrons. The zero-order valence-corrected chi connectivity index (χ0v) is 12.7. The van der Waals surface area contributed by atoms with Gasteiger partial charge in [-0.3, -0.25) is 0 Å². The molecule has 0 spiro atoms. The number of rotatable bonds is 9. The second-order valence-corrected chi connectivity index (χ2v) is 5.32. The van der Waals surface area contributed by atoms with Crippen LogP contribution in [0.15, 0.2) is 24.8 Å². The highest BCUT2D eigenvalue weighted by Crippen LogP contribution is 2.18. The molecular formula is C18H28O. The first kappa shape index (κ1) is 16.0. The SMILES string of the molecule is C=Cc1cccc(C)c1COC(C)CCCCCC. The van der Waals surface area contributed by atoms with Crippen LogP contribution in [0.5, 0.6) is 0 Å². The highest BCUT2D eigenvalue weighted by molar-refractivity contribution is 5.53. The second-order valence-electron chi connectivity index (χ2n) is 5.32. The summed E-state index contributed by atoms with van der Waals surface area (Å²) in [5.41, 5.74) is 3.76. The maximum Gasteiger partial charge on any atom is 0.0728 e. The lowest BCUT2D eigenvalue weighted by Gasteiger charge is -2.16. The first-order valence-electron chi connectivity index (χ1n) is 7.51. The van der Waals surface area contributed by atoms with Crippen LogP contribution in [0.1, 0.15) is 62.6 Å². The van der Waals surface area contributed by atoms with Crippen LogP contribution in [0.4, 0.5) is 0 Å². The van der Waals surface area contributed by atoms with Crippen molar-refractivity contribution in [1.82, 2.24) is 0 Å². The summed E-state index contributed by atoms with van der Waals surface area (Å²) in [5.74, 6) is 0. The van der Waals surface area contributed by atoms with Gasteiger partial charge in [0, 0.05) is 0 Å². The summed E-state index contributed by atoms with van der Waals surface area (Å²) in [4.78, 5) is 0. The summed E-state index contributed by atoms with van der Waals surface area (Å²) in [6.45, 7) is 11.1. The maximum atomic E-state index is 5.98. The number of hydrogen-bond donors (Lipinski definition) is 0. The van der Waals surface area contributed by atoms with Gasteiger partial charge in [0.2, 0.25) is 0 Å². The standard InChI is InChI=1S/C18H28O/c1-5-7-8-9-12-16(4)19-14-18-15(3)11-10-13-17(18)6-2/h6,10-11,13,16H,2,5,7-9,12,14H2,1,3-4H3. The molecular weight excluding hydrogens is 232 g/mol. The molecule has 0 aliphatic carbocycles. The monoisotopic (exact) mass is 260 g/mol. The molecule has 0 radical (unpaired) electrons. The van der Waals surface area contributed by atoms with Crippen molar-refractivity contribution < 1.29 is 4.74 Å². The van der Waals surface area contributed by atoms with Crippen molar-refractivity contribution in [2.75, 3.05) is 0 Å². The van der Waals surface area contributed by atoms with Crippen molar-refractivity contribution in [3.8, 4) is 0 Å². The highest BCUT2D eigenvalue weighted by Gasteiger charge is 2.07. The molecule has 1 atom stereocenters. The molecule has 0 saturated carbocycles. The predicted molar refractivity (Wildman–Crippen MR) is 84.3 cm³/mol. The molecule has 0 bridgehead atoms. The fraction of sp³-hybridized carbons (Fsp3) is 0.556. The van der Waals surface area contributed by atoms with Crippen molar-refractivity contribution in [2.24, 2.45) is 0 Å². The summed E-state index contributed by atoms with van der Waals surface area (Å²) < 4.78 is 5.98. The van der Waals surface area contributed by atoms with Crippen LogP contribution < -0.4 is 0 Å². The fourth-order valence-electron chi connectivity index (χ4n) is 2.28. The molecule has 0 fully saturated rings. The van der Waals surface area contributed by atoms with E-state index in [1.54, 1.807) is 0 Å². The van der Waals surface area contributed by atoms with Crippen LogP contribution >= 0.6 is 0 Å². The molecule has 0 heterocycles. The molecule has 0 saturated heterocycles. The molecule has 0 amide bonds. The molecule has 1 nitrogen and oxygen atoms in total. The molecule has 1 rings (SSSR count). The summed E-state index contributed by atoms with van der Waals surface area (Å²) in [7, 11) is 0. The second kappa shape index (κ2) is 8.92. The van der Waals surface area contributed by atoms with Crippen LogP contribution in [0, 0.1) is 6.92 Å². The predicted octanol–water partition coefficient (Wildman–Crippen LogP) is 5.51. The Labute approximate surface area is 118 Å². The molecule has 1 aromatic rings. The van der Waals surface area contributed by atoms with E-state index >= 15 is 0 Å². The zero-order chi connectivity index (χ0) is 14.1. The minimum absolute atomic E-state index is 0.342. The van der Waals surface area contributed by atoms with Gasteiger partial charge in [0.25, 0.3) is 0 Å². The topological polar surface area (TPSA) is 9.23 Å². The van der Waals surface area contributed by atoms with Crippen molar-refractivity contribution in [3.05, 3.63) is 41.5 Å². The Bertz CT molecular complexity index is 381. The summed E-state index contributed by atoms with van der Waals surface area (Å²) in [6.07, 6.45) is 8.65. The van der Waals surface area contributed by atoms with Gasteiger partial charge < -0.3 is 4.74 Å². The first-order chi connectivity index (χ1) is 9.19. The van der Waals surface area contributed by atoms with E-state index in [9.17, 15) is 0 Å². The minimum atomic E-state index is 0.342. The number of aryl methyl sites for hydroxylation is 1. The van der Waals surface area contributed by atoms with Crippen LogP contribution in [-0.2, 0) is 11.3 Å². The molecule has 0 N–H and O–H groups in total. The minimum Gasteiger partial charge on any atom is -0.374 e. The van der Waals surface area contributed by atoms with Crippen molar-refractivity contribution in [2.45, 2.75) is 65.6 Å². The van der Waals surface area contributed by atoms with Gasteiger partial charge in [0.1, 0.15) is 0 Å². The van der Waals surface area contributed by atoms with Gasteiger partial charge in [0.15, 0.2) is 0 Å². The van der Waals surface area contributed by atoms with E-state index in [0.29, 0.717) is 12.7 Å². The normalized spacial score (nSPS) is 12.4. The lowest BCUT2D eigenvalue weighted by molar-refractivity contribution is 0.0455. The quantitative estimate of drug-likeness (QED) is 0.532. The van der Waals surface area contributed by atoms with Gasteiger partial charge >= 0.3 is 0 Å².